The Kier molecular flexibility index (Phi) is 6.64. The molecule has 37 heavy (non-hydrogen) atoms. The van der Waals surface area contributed by atoms with Crippen LogP contribution in [0.5, 0.6) is 11.5 Å². The Morgan fingerprint density at radius 2 is 1.86 bits per heavy atom. The van der Waals surface area contributed by atoms with Crippen LogP contribution in [0.3, 0.4) is 0 Å². The summed E-state index contributed by atoms with van der Waals surface area (Å²) in [5, 5.41) is 13.4. The van der Waals surface area contributed by atoms with Crippen molar-refractivity contribution in [3.63, 3.8) is 0 Å². The van der Waals surface area contributed by atoms with Crippen LogP contribution < -0.4 is 4.74 Å². The average molecular weight is 498 g/mol. The van der Waals surface area contributed by atoms with Crippen LogP contribution in [0.4, 0.5) is 4.79 Å². The van der Waals surface area contributed by atoms with Crippen LogP contribution in [0.1, 0.15) is 29.7 Å². The number of nitrogens with zero attached hydrogens (tertiary/aromatic N) is 3. The number of cyclic esters (lactones) is 1. The molecular weight excluding hydrogens is 470 g/mol. The Hall–Kier alpha value is -4.59. The first-order valence-electron chi connectivity index (χ1n) is 12.0. The average Bonchev–Trinajstić information content (AvgIpc) is 3.43. The zero-order chi connectivity index (χ0) is 25.9. The monoisotopic (exact) mass is 497 g/mol. The lowest BCUT2D eigenvalue weighted by Crippen LogP contribution is -2.31. The Bertz CT molecular complexity index is 1430. The molecule has 1 fully saturated rings. The number of carbonyl (C=O) groups excluding carboxylic acids is 1. The number of carboxylic acids is 1. The zero-order valence-corrected chi connectivity index (χ0v) is 20.6. The van der Waals surface area contributed by atoms with Crippen molar-refractivity contribution in [3.8, 4) is 22.6 Å². The minimum Gasteiger partial charge on any atom is -0.481 e. The van der Waals surface area contributed by atoms with Crippen LogP contribution in [0.15, 0.2) is 85.2 Å². The van der Waals surface area contributed by atoms with Gasteiger partial charge in [-0.05, 0) is 47.9 Å². The molecule has 2 unspecified atom stereocenters. The van der Waals surface area contributed by atoms with Crippen LogP contribution in [0.2, 0.25) is 0 Å². The highest BCUT2D eigenvalue weighted by atomic mass is 16.6. The van der Waals surface area contributed by atoms with Crippen molar-refractivity contribution in [2.45, 2.75) is 32.0 Å². The second kappa shape index (κ2) is 10.2. The highest BCUT2D eigenvalue weighted by molar-refractivity contribution is 5.72. The van der Waals surface area contributed by atoms with Crippen molar-refractivity contribution in [2.75, 3.05) is 0 Å². The van der Waals surface area contributed by atoms with Gasteiger partial charge in [-0.1, -0.05) is 48.5 Å². The largest absolute Gasteiger partial charge is 0.481 e. The number of rotatable bonds is 8. The molecule has 2 atom stereocenters. The van der Waals surface area contributed by atoms with E-state index in [-0.39, 0.29) is 31.2 Å². The van der Waals surface area contributed by atoms with E-state index in [0.29, 0.717) is 17.1 Å². The third-order valence-electron chi connectivity index (χ3n) is 6.44. The van der Waals surface area contributed by atoms with Crippen molar-refractivity contribution in [3.05, 3.63) is 102 Å². The van der Waals surface area contributed by atoms with Crippen LogP contribution in [-0.4, -0.2) is 37.9 Å². The third kappa shape index (κ3) is 5.33. The zero-order valence-electron chi connectivity index (χ0n) is 20.6. The molecule has 1 amide bonds. The summed E-state index contributed by atoms with van der Waals surface area (Å²) < 4.78 is 13.7. The van der Waals surface area contributed by atoms with Crippen LogP contribution in [0, 0.1) is 0 Å². The van der Waals surface area contributed by atoms with E-state index in [0.717, 1.165) is 22.3 Å². The van der Waals surface area contributed by atoms with Crippen LogP contribution >= 0.6 is 0 Å². The first-order chi connectivity index (χ1) is 17.9. The molecular formula is C29H27N3O5. The van der Waals surface area contributed by atoms with Crippen molar-refractivity contribution < 1.29 is 24.2 Å². The predicted octanol–water partition coefficient (Wildman–Crippen LogP) is 5.59. The van der Waals surface area contributed by atoms with E-state index in [1.54, 1.807) is 40.0 Å². The van der Waals surface area contributed by atoms with Gasteiger partial charge in [-0.15, -0.1) is 0 Å². The van der Waals surface area contributed by atoms with E-state index in [2.05, 4.69) is 5.10 Å². The molecule has 3 aromatic carbocycles. The van der Waals surface area contributed by atoms with Gasteiger partial charge in [-0.3, -0.25) is 14.4 Å². The fourth-order valence-corrected chi connectivity index (χ4v) is 4.56. The summed E-state index contributed by atoms with van der Waals surface area (Å²) in [4.78, 5) is 25.8. The molecule has 1 saturated heterocycles. The van der Waals surface area contributed by atoms with Gasteiger partial charge in [0.25, 0.3) is 0 Å². The number of amides is 1. The molecule has 4 aromatic rings. The number of ether oxygens (including phenoxy) is 2. The highest BCUT2D eigenvalue weighted by Gasteiger charge is 2.39. The van der Waals surface area contributed by atoms with Crippen molar-refractivity contribution in [1.29, 1.82) is 0 Å². The molecule has 1 aliphatic rings. The Balaban J connectivity index is 1.47. The lowest BCUT2D eigenvalue weighted by molar-refractivity contribution is -0.136. The van der Waals surface area contributed by atoms with Crippen molar-refractivity contribution in [1.82, 2.24) is 14.7 Å². The number of carboxylic acid groups (broad SMARTS) is 1. The Morgan fingerprint density at radius 1 is 1.05 bits per heavy atom. The number of aromatic nitrogens is 2. The molecule has 8 heteroatoms. The van der Waals surface area contributed by atoms with E-state index >= 15 is 0 Å². The van der Waals surface area contributed by atoms with Gasteiger partial charge in [0.2, 0.25) is 0 Å². The fourth-order valence-electron chi connectivity index (χ4n) is 4.56. The number of hydrogen-bond donors (Lipinski definition) is 1. The molecule has 1 aliphatic heterocycles. The summed E-state index contributed by atoms with van der Waals surface area (Å²) in [5.74, 6) is 0.185. The number of aliphatic carboxylic acids is 1. The number of hydrogen-bond acceptors (Lipinski definition) is 5. The molecule has 188 valence electrons. The first kappa shape index (κ1) is 24.1. The second-order valence-electron chi connectivity index (χ2n) is 9.13. The topological polar surface area (TPSA) is 93.9 Å². The summed E-state index contributed by atoms with van der Waals surface area (Å²) in [5.41, 5.74) is 4.26. The van der Waals surface area contributed by atoms with Gasteiger partial charge in [-0.2, -0.15) is 5.10 Å². The molecule has 2 heterocycles. The molecule has 0 saturated carbocycles. The summed E-state index contributed by atoms with van der Waals surface area (Å²) in [6.07, 6.45) is 2.86. The summed E-state index contributed by atoms with van der Waals surface area (Å²) in [6, 6.07) is 22.3. The molecule has 0 radical (unpaired) electrons. The van der Waals surface area contributed by atoms with E-state index < -0.39 is 5.97 Å². The van der Waals surface area contributed by atoms with Gasteiger partial charge in [0, 0.05) is 24.4 Å². The molecule has 0 spiro atoms. The van der Waals surface area contributed by atoms with Gasteiger partial charge in [0.05, 0.1) is 25.2 Å². The quantitative estimate of drug-likeness (QED) is 0.341. The number of benzene rings is 3. The van der Waals surface area contributed by atoms with Gasteiger partial charge < -0.3 is 14.6 Å². The highest BCUT2D eigenvalue weighted by Crippen LogP contribution is 2.37. The number of aryl methyl sites for hydroxylation is 1. The minimum atomic E-state index is -0.909. The second-order valence-corrected chi connectivity index (χ2v) is 9.13. The number of carbonyl (C=O) groups is 2. The van der Waals surface area contributed by atoms with E-state index in [1.165, 1.54) is 0 Å². The molecule has 1 aromatic heterocycles. The van der Waals surface area contributed by atoms with Crippen molar-refractivity contribution in [2.24, 2.45) is 7.05 Å². The van der Waals surface area contributed by atoms with E-state index in [1.807, 2.05) is 68.7 Å². The lowest BCUT2D eigenvalue weighted by atomic mass is 10.0. The SMILES string of the molecule is CC1C(c2ccccc2)OC(=O)N1Cc1cc(-c2cnn(C)c2)ccc1Oc1cccc(CC(=O)O)c1. The standard InChI is InChI=1S/C29H27N3O5/c1-19-28(21-8-4-3-5-9-21)37-29(35)32(19)18-23-15-22(24-16-30-31(2)17-24)11-12-26(23)36-25-10-6-7-20(13-25)14-27(33)34/h3-13,15-17,19,28H,14,18H2,1-2H3,(H,33,34). The third-order valence-corrected chi connectivity index (χ3v) is 6.44. The lowest BCUT2D eigenvalue weighted by Gasteiger charge is -2.23. The maximum absolute atomic E-state index is 12.9. The Morgan fingerprint density at radius 3 is 2.59 bits per heavy atom. The molecule has 8 nitrogen and oxygen atoms in total. The summed E-state index contributed by atoms with van der Waals surface area (Å²) in [6.45, 7) is 2.25. The Labute approximate surface area is 214 Å². The molecule has 0 aliphatic carbocycles. The van der Waals surface area contributed by atoms with Gasteiger partial charge in [0.15, 0.2) is 0 Å². The van der Waals surface area contributed by atoms with E-state index in [4.69, 9.17) is 14.6 Å². The maximum atomic E-state index is 12.9. The van der Waals surface area contributed by atoms with Gasteiger partial charge in [0.1, 0.15) is 17.6 Å². The molecule has 0 bridgehead atoms. The smallest absolute Gasteiger partial charge is 0.411 e. The maximum Gasteiger partial charge on any atom is 0.411 e. The fraction of sp³-hybridized carbons (Fsp3) is 0.207. The van der Waals surface area contributed by atoms with Crippen molar-refractivity contribution >= 4 is 12.1 Å². The van der Waals surface area contributed by atoms with E-state index in [9.17, 15) is 9.59 Å². The predicted molar refractivity (Wildman–Crippen MR) is 137 cm³/mol. The summed E-state index contributed by atoms with van der Waals surface area (Å²) >= 11 is 0. The van der Waals surface area contributed by atoms with Gasteiger partial charge >= 0.3 is 12.1 Å². The van der Waals surface area contributed by atoms with Crippen LogP contribution in [-0.2, 0) is 29.5 Å². The molecule has 1 N–H and O–H groups in total. The van der Waals surface area contributed by atoms with Gasteiger partial charge in [-0.25, -0.2) is 4.79 Å². The summed E-state index contributed by atoms with van der Waals surface area (Å²) in [7, 11) is 1.86. The molecule has 5 rings (SSSR count). The normalized spacial score (nSPS) is 17.0. The van der Waals surface area contributed by atoms with Crippen LogP contribution in [0.25, 0.3) is 11.1 Å². The minimum absolute atomic E-state index is 0.0952. The first-order valence-corrected chi connectivity index (χ1v) is 12.0.